The number of rotatable bonds is 7. The van der Waals surface area contributed by atoms with Gasteiger partial charge in [-0.25, -0.2) is 14.5 Å². The van der Waals surface area contributed by atoms with Crippen LogP contribution in [0.15, 0.2) is 36.7 Å². The van der Waals surface area contributed by atoms with E-state index >= 15 is 0 Å². The summed E-state index contributed by atoms with van der Waals surface area (Å²) >= 11 is 1.26. The maximum atomic E-state index is 12.1. The average Bonchev–Trinajstić information content (AvgIpc) is 3.30. The number of benzene rings is 1. The Kier molecular flexibility index (Phi) is 5.64. The third-order valence-electron chi connectivity index (χ3n) is 3.49. The molecule has 0 aliphatic carbocycles. The first-order chi connectivity index (χ1) is 12.7. The number of hydrogen-bond donors (Lipinski definition) is 1. The summed E-state index contributed by atoms with van der Waals surface area (Å²) in [6, 6.07) is 9.70. The van der Waals surface area contributed by atoms with E-state index in [2.05, 4.69) is 25.8 Å². The van der Waals surface area contributed by atoms with Crippen LogP contribution < -0.4 is 5.32 Å². The van der Waals surface area contributed by atoms with Gasteiger partial charge in [0.1, 0.15) is 6.33 Å². The molecule has 0 saturated heterocycles. The standard InChI is InChI=1S/C16H16N6O3S/c1-25-15(24)14-12(9-11-5-3-2-4-6-11)26-16(19-14)18-13(23)7-8-22-10-17-20-21-22/h2-6,10H,7-9H2,1H3,(H,18,19,23). The third-order valence-corrected chi connectivity index (χ3v) is 4.46. The molecule has 2 aromatic heterocycles. The quantitative estimate of drug-likeness (QED) is 0.626. The minimum atomic E-state index is -0.527. The number of hydrogen-bond acceptors (Lipinski definition) is 8. The van der Waals surface area contributed by atoms with Crippen LogP contribution in [-0.4, -0.2) is 44.2 Å². The van der Waals surface area contributed by atoms with E-state index in [0.29, 0.717) is 18.1 Å². The van der Waals surface area contributed by atoms with Gasteiger partial charge in [-0.05, 0) is 16.0 Å². The molecule has 2 heterocycles. The van der Waals surface area contributed by atoms with Gasteiger partial charge in [-0.1, -0.05) is 30.3 Å². The van der Waals surface area contributed by atoms with Crippen molar-refractivity contribution < 1.29 is 14.3 Å². The zero-order chi connectivity index (χ0) is 18.4. The molecule has 1 amide bonds. The van der Waals surface area contributed by atoms with E-state index in [0.717, 1.165) is 10.4 Å². The highest BCUT2D eigenvalue weighted by Crippen LogP contribution is 2.26. The van der Waals surface area contributed by atoms with Crippen molar-refractivity contribution in [3.05, 3.63) is 52.8 Å². The highest BCUT2D eigenvalue weighted by Gasteiger charge is 2.20. The maximum Gasteiger partial charge on any atom is 0.357 e. The lowest BCUT2D eigenvalue weighted by Gasteiger charge is -2.01. The molecule has 10 heteroatoms. The summed E-state index contributed by atoms with van der Waals surface area (Å²) in [6.07, 6.45) is 2.15. The van der Waals surface area contributed by atoms with Crippen LogP contribution in [0.2, 0.25) is 0 Å². The van der Waals surface area contributed by atoms with Crippen molar-refractivity contribution in [2.45, 2.75) is 19.4 Å². The van der Waals surface area contributed by atoms with E-state index in [1.165, 1.54) is 29.5 Å². The predicted octanol–water partition coefficient (Wildman–Crippen LogP) is 1.54. The zero-order valence-electron chi connectivity index (χ0n) is 14.0. The number of ether oxygens (including phenoxy) is 1. The van der Waals surface area contributed by atoms with Crippen LogP contribution in [0.25, 0.3) is 0 Å². The number of aryl methyl sites for hydroxylation is 1. The molecule has 0 bridgehead atoms. The van der Waals surface area contributed by atoms with Crippen molar-refractivity contribution in [3.63, 3.8) is 0 Å². The van der Waals surface area contributed by atoms with Gasteiger partial charge in [0.05, 0.1) is 13.7 Å². The molecule has 134 valence electrons. The van der Waals surface area contributed by atoms with E-state index < -0.39 is 5.97 Å². The van der Waals surface area contributed by atoms with Crippen LogP contribution >= 0.6 is 11.3 Å². The van der Waals surface area contributed by atoms with E-state index in [1.807, 2.05) is 30.3 Å². The number of carbonyl (C=O) groups is 2. The number of tetrazole rings is 1. The number of nitrogens with one attached hydrogen (secondary N) is 1. The van der Waals surface area contributed by atoms with Crippen molar-refractivity contribution in [1.82, 2.24) is 25.2 Å². The fourth-order valence-corrected chi connectivity index (χ4v) is 3.24. The Balaban J connectivity index is 1.70. The van der Waals surface area contributed by atoms with E-state index in [-0.39, 0.29) is 18.0 Å². The fraction of sp³-hybridized carbons (Fsp3) is 0.250. The SMILES string of the molecule is COC(=O)c1nc(NC(=O)CCn2cnnn2)sc1Cc1ccccc1. The molecule has 0 aliphatic rings. The van der Waals surface area contributed by atoms with Gasteiger partial charge in [-0.2, -0.15) is 0 Å². The Morgan fingerprint density at radius 2 is 2.08 bits per heavy atom. The molecule has 0 atom stereocenters. The molecule has 0 fully saturated rings. The second kappa shape index (κ2) is 8.30. The molecule has 0 saturated carbocycles. The molecule has 0 unspecified atom stereocenters. The van der Waals surface area contributed by atoms with E-state index in [9.17, 15) is 9.59 Å². The van der Waals surface area contributed by atoms with Crippen molar-refractivity contribution in [2.24, 2.45) is 0 Å². The fourth-order valence-electron chi connectivity index (χ4n) is 2.24. The maximum absolute atomic E-state index is 12.1. The normalized spacial score (nSPS) is 10.5. The lowest BCUT2D eigenvalue weighted by molar-refractivity contribution is -0.116. The van der Waals surface area contributed by atoms with Gasteiger partial charge in [0.2, 0.25) is 5.91 Å². The summed E-state index contributed by atoms with van der Waals surface area (Å²) in [5.74, 6) is -0.765. The molecule has 9 nitrogen and oxygen atoms in total. The number of anilines is 1. The highest BCUT2D eigenvalue weighted by molar-refractivity contribution is 7.16. The Labute approximate surface area is 153 Å². The first kappa shape index (κ1) is 17.7. The topological polar surface area (TPSA) is 112 Å². The number of methoxy groups -OCH3 is 1. The summed E-state index contributed by atoms with van der Waals surface area (Å²) in [5.41, 5.74) is 1.26. The number of amides is 1. The molecule has 1 aromatic carbocycles. The van der Waals surface area contributed by atoms with Crippen LogP contribution in [0.4, 0.5) is 5.13 Å². The van der Waals surface area contributed by atoms with Crippen LogP contribution in [0.5, 0.6) is 0 Å². The summed E-state index contributed by atoms with van der Waals surface area (Å²) in [4.78, 5) is 29.0. The van der Waals surface area contributed by atoms with Crippen LogP contribution in [0, 0.1) is 0 Å². The summed E-state index contributed by atoms with van der Waals surface area (Å²) < 4.78 is 6.26. The Bertz CT molecular complexity index is 879. The lowest BCUT2D eigenvalue weighted by Crippen LogP contribution is -2.15. The third kappa shape index (κ3) is 4.48. The number of nitrogens with zero attached hydrogens (tertiary/aromatic N) is 5. The molecule has 1 N–H and O–H groups in total. The second-order valence-corrected chi connectivity index (χ2v) is 6.40. The smallest absolute Gasteiger partial charge is 0.357 e. The Hall–Kier alpha value is -3.14. The van der Waals surface area contributed by atoms with Crippen LogP contribution in [0.3, 0.4) is 0 Å². The predicted molar refractivity (Wildman–Crippen MR) is 93.8 cm³/mol. The van der Waals surface area contributed by atoms with Crippen molar-refractivity contribution >= 4 is 28.3 Å². The zero-order valence-corrected chi connectivity index (χ0v) is 14.8. The Morgan fingerprint density at radius 1 is 1.27 bits per heavy atom. The number of esters is 1. The highest BCUT2D eigenvalue weighted by atomic mass is 32.1. The first-order valence-electron chi connectivity index (χ1n) is 7.78. The minimum absolute atomic E-state index is 0.187. The van der Waals surface area contributed by atoms with Gasteiger partial charge in [-0.3, -0.25) is 4.79 Å². The molecular formula is C16H16N6O3S. The van der Waals surface area contributed by atoms with Crippen molar-refractivity contribution in [1.29, 1.82) is 0 Å². The molecule has 26 heavy (non-hydrogen) atoms. The number of carbonyl (C=O) groups excluding carboxylic acids is 2. The van der Waals surface area contributed by atoms with E-state index in [4.69, 9.17) is 4.74 Å². The first-order valence-corrected chi connectivity index (χ1v) is 8.60. The van der Waals surface area contributed by atoms with Gasteiger partial charge in [-0.15, -0.1) is 16.4 Å². The lowest BCUT2D eigenvalue weighted by atomic mass is 10.1. The summed E-state index contributed by atoms with van der Waals surface area (Å²) in [5, 5.41) is 13.8. The molecule has 0 radical (unpaired) electrons. The average molecular weight is 372 g/mol. The van der Waals surface area contributed by atoms with Gasteiger partial charge >= 0.3 is 5.97 Å². The summed E-state index contributed by atoms with van der Waals surface area (Å²) in [7, 11) is 1.30. The van der Waals surface area contributed by atoms with Crippen LogP contribution in [0.1, 0.15) is 27.3 Å². The van der Waals surface area contributed by atoms with Gasteiger partial charge < -0.3 is 10.1 Å². The summed E-state index contributed by atoms with van der Waals surface area (Å²) in [6.45, 7) is 0.352. The van der Waals surface area contributed by atoms with Crippen molar-refractivity contribution in [2.75, 3.05) is 12.4 Å². The number of thiazole rings is 1. The second-order valence-electron chi connectivity index (χ2n) is 5.32. The molecule has 0 aliphatic heterocycles. The van der Waals surface area contributed by atoms with Crippen LogP contribution in [-0.2, 0) is 22.5 Å². The molecular weight excluding hydrogens is 356 g/mol. The largest absolute Gasteiger partial charge is 0.464 e. The van der Waals surface area contributed by atoms with Gasteiger partial charge in [0, 0.05) is 17.7 Å². The monoisotopic (exact) mass is 372 g/mol. The minimum Gasteiger partial charge on any atom is -0.464 e. The van der Waals surface area contributed by atoms with Gasteiger partial charge in [0.25, 0.3) is 0 Å². The molecule has 3 aromatic rings. The molecule has 0 spiro atoms. The van der Waals surface area contributed by atoms with Crippen molar-refractivity contribution in [3.8, 4) is 0 Å². The van der Waals surface area contributed by atoms with Gasteiger partial charge in [0.15, 0.2) is 10.8 Å². The Morgan fingerprint density at radius 3 is 2.77 bits per heavy atom. The molecule has 3 rings (SSSR count). The van der Waals surface area contributed by atoms with E-state index in [1.54, 1.807) is 0 Å². The number of aromatic nitrogens is 5.